The fraction of sp³-hybridized carbons (Fsp3) is 0.440. The van der Waals surface area contributed by atoms with Gasteiger partial charge in [0.15, 0.2) is 5.78 Å². The van der Waals surface area contributed by atoms with Crippen molar-refractivity contribution in [2.24, 2.45) is 0 Å². The second kappa shape index (κ2) is 8.40. The van der Waals surface area contributed by atoms with Gasteiger partial charge in [0.05, 0.1) is 0 Å². The van der Waals surface area contributed by atoms with E-state index in [1.165, 1.54) is 34.4 Å². The lowest BCUT2D eigenvalue weighted by molar-refractivity contribution is -0.131. The van der Waals surface area contributed by atoms with Gasteiger partial charge in [-0.2, -0.15) is 0 Å². The van der Waals surface area contributed by atoms with Crippen molar-refractivity contribution in [3.63, 3.8) is 0 Å². The van der Waals surface area contributed by atoms with Gasteiger partial charge in [0.1, 0.15) is 0 Å². The predicted molar refractivity (Wildman–Crippen MR) is 117 cm³/mol. The first-order valence-corrected chi connectivity index (χ1v) is 10.8. The van der Waals surface area contributed by atoms with Crippen LogP contribution in [-0.4, -0.2) is 42.8 Å². The summed E-state index contributed by atoms with van der Waals surface area (Å²) in [4.78, 5) is 29.5. The van der Waals surface area contributed by atoms with Crippen LogP contribution in [-0.2, 0) is 17.6 Å². The Morgan fingerprint density at radius 1 is 0.897 bits per heavy atom. The average Bonchev–Trinajstić information content (AvgIpc) is 3.22. The van der Waals surface area contributed by atoms with E-state index in [1.807, 2.05) is 17.0 Å². The quantitative estimate of drug-likeness (QED) is 0.722. The monoisotopic (exact) mass is 390 g/mol. The second-order valence-corrected chi connectivity index (χ2v) is 8.35. The molecule has 152 valence electrons. The number of fused-ring (bicyclic) bond motifs is 1. The molecule has 1 saturated heterocycles. The van der Waals surface area contributed by atoms with Crippen molar-refractivity contribution in [1.82, 2.24) is 4.90 Å². The van der Waals surface area contributed by atoms with Gasteiger partial charge in [0, 0.05) is 50.3 Å². The average molecular weight is 391 g/mol. The van der Waals surface area contributed by atoms with Crippen LogP contribution in [0.2, 0.25) is 0 Å². The molecular weight excluding hydrogens is 360 g/mol. The number of amides is 1. The number of Topliss-reactive ketones (excluding diaryl/α,β-unsaturated/α-hetero) is 1. The van der Waals surface area contributed by atoms with Gasteiger partial charge in [-0.05, 0) is 67.5 Å². The molecule has 1 aliphatic heterocycles. The Morgan fingerprint density at radius 3 is 2.45 bits per heavy atom. The molecule has 4 rings (SSSR count). The van der Waals surface area contributed by atoms with Crippen LogP contribution in [0.15, 0.2) is 36.4 Å². The van der Waals surface area contributed by atoms with E-state index < -0.39 is 0 Å². The number of benzene rings is 2. The van der Waals surface area contributed by atoms with E-state index in [1.54, 1.807) is 0 Å². The molecule has 2 aromatic rings. The minimum atomic E-state index is 0.0853. The Morgan fingerprint density at radius 2 is 1.66 bits per heavy atom. The minimum absolute atomic E-state index is 0.0853. The van der Waals surface area contributed by atoms with Crippen molar-refractivity contribution >= 4 is 17.4 Å². The number of rotatable bonds is 5. The van der Waals surface area contributed by atoms with E-state index in [4.69, 9.17) is 0 Å². The van der Waals surface area contributed by atoms with E-state index >= 15 is 0 Å². The molecule has 29 heavy (non-hydrogen) atoms. The molecule has 4 heteroatoms. The molecule has 0 N–H and O–H groups in total. The third-order valence-corrected chi connectivity index (χ3v) is 6.54. The van der Waals surface area contributed by atoms with E-state index in [0.717, 1.165) is 44.6 Å². The van der Waals surface area contributed by atoms with Gasteiger partial charge in [0.2, 0.25) is 5.91 Å². The maximum absolute atomic E-state index is 12.6. The lowest BCUT2D eigenvalue weighted by atomic mass is 10.0. The third-order valence-electron chi connectivity index (χ3n) is 6.54. The molecule has 0 spiro atoms. The van der Waals surface area contributed by atoms with Crippen LogP contribution in [0.1, 0.15) is 51.9 Å². The van der Waals surface area contributed by atoms with Crippen molar-refractivity contribution in [2.75, 3.05) is 31.1 Å². The number of hydrogen-bond acceptors (Lipinski definition) is 3. The molecule has 1 heterocycles. The number of carbonyl (C=O) groups is 2. The van der Waals surface area contributed by atoms with Gasteiger partial charge >= 0.3 is 0 Å². The number of aryl methyl sites for hydroxylation is 3. The number of hydrogen-bond donors (Lipinski definition) is 0. The molecule has 0 bridgehead atoms. The summed E-state index contributed by atoms with van der Waals surface area (Å²) in [6.45, 7) is 7.42. The molecule has 0 unspecified atom stereocenters. The van der Waals surface area contributed by atoms with E-state index in [2.05, 4.69) is 43.0 Å². The Balaban J connectivity index is 1.29. The van der Waals surface area contributed by atoms with Gasteiger partial charge in [0.25, 0.3) is 0 Å². The Kier molecular flexibility index (Phi) is 5.70. The molecule has 4 nitrogen and oxygen atoms in total. The van der Waals surface area contributed by atoms with Crippen LogP contribution in [0, 0.1) is 13.8 Å². The number of anilines is 1. The van der Waals surface area contributed by atoms with Crippen LogP contribution >= 0.6 is 0 Å². The third kappa shape index (κ3) is 4.21. The summed E-state index contributed by atoms with van der Waals surface area (Å²) in [6, 6.07) is 12.5. The highest BCUT2D eigenvalue weighted by molar-refractivity contribution is 5.98. The SMILES string of the molecule is Cc1cccc(N2CCN(C(=O)CCC(=O)c3ccc4c(c3)CCC4)CC2)c1C. The Hall–Kier alpha value is -2.62. The van der Waals surface area contributed by atoms with Gasteiger partial charge in [-0.15, -0.1) is 0 Å². The van der Waals surface area contributed by atoms with Crippen LogP contribution in [0.3, 0.4) is 0 Å². The maximum Gasteiger partial charge on any atom is 0.223 e. The standard InChI is InChI=1S/C25H30N2O2/c1-18-5-3-8-23(19(18)2)26-13-15-27(16-14-26)25(29)12-11-24(28)22-10-9-20-6-4-7-21(20)17-22/h3,5,8-10,17H,4,6-7,11-16H2,1-2H3. The Labute approximate surface area is 173 Å². The second-order valence-electron chi connectivity index (χ2n) is 8.35. The highest BCUT2D eigenvalue weighted by atomic mass is 16.2. The number of carbonyl (C=O) groups excluding carboxylic acids is 2. The highest BCUT2D eigenvalue weighted by Gasteiger charge is 2.23. The van der Waals surface area contributed by atoms with E-state index in [-0.39, 0.29) is 11.7 Å². The molecule has 0 aromatic heterocycles. The molecule has 1 amide bonds. The zero-order valence-corrected chi connectivity index (χ0v) is 17.5. The van der Waals surface area contributed by atoms with Gasteiger partial charge in [-0.1, -0.05) is 24.3 Å². The predicted octanol–water partition coefficient (Wildman–Crippen LogP) is 4.10. The van der Waals surface area contributed by atoms with Crippen LogP contribution in [0.5, 0.6) is 0 Å². The van der Waals surface area contributed by atoms with Crippen LogP contribution < -0.4 is 4.90 Å². The molecule has 2 aromatic carbocycles. The Bertz CT molecular complexity index is 926. The first-order valence-electron chi connectivity index (χ1n) is 10.8. The number of nitrogens with zero attached hydrogens (tertiary/aromatic N) is 2. The summed E-state index contributed by atoms with van der Waals surface area (Å²) in [5, 5.41) is 0. The lowest BCUT2D eigenvalue weighted by Crippen LogP contribution is -2.49. The number of piperazine rings is 1. The van der Waals surface area contributed by atoms with Crippen molar-refractivity contribution < 1.29 is 9.59 Å². The van der Waals surface area contributed by atoms with Gasteiger partial charge in [-0.25, -0.2) is 0 Å². The van der Waals surface area contributed by atoms with Crippen LogP contribution in [0.4, 0.5) is 5.69 Å². The molecule has 1 fully saturated rings. The summed E-state index contributed by atoms with van der Waals surface area (Å²) < 4.78 is 0. The summed E-state index contributed by atoms with van der Waals surface area (Å²) in [7, 11) is 0. The molecule has 2 aliphatic rings. The van der Waals surface area contributed by atoms with Gasteiger partial charge in [-0.3, -0.25) is 9.59 Å². The summed E-state index contributed by atoms with van der Waals surface area (Å²) in [5.41, 5.74) is 7.32. The van der Waals surface area contributed by atoms with Crippen molar-refractivity contribution in [3.05, 3.63) is 64.2 Å². The summed E-state index contributed by atoms with van der Waals surface area (Å²) in [5.74, 6) is 0.183. The van der Waals surface area contributed by atoms with Crippen molar-refractivity contribution in [1.29, 1.82) is 0 Å². The number of ketones is 1. The smallest absolute Gasteiger partial charge is 0.223 e. The normalized spacial score (nSPS) is 16.1. The molecule has 1 aliphatic carbocycles. The van der Waals surface area contributed by atoms with Crippen molar-refractivity contribution in [2.45, 2.75) is 46.0 Å². The topological polar surface area (TPSA) is 40.6 Å². The lowest BCUT2D eigenvalue weighted by Gasteiger charge is -2.37. The zero-order chi connectivity index (χ0) is 20.4. The first-order chi connectivity index (χ1) is 14.0. The molecule has 0 atom stereocenters. The van der Waals surface area contributed by atoms with E-state index in [9.17, 15) is 9.59 Å². The molecular formula is C25H30N2O2. The van der Waals surface area contributed by atoms with Crippen LogP contribution in [0.25, 0.3) is 0 Å². The highest BCUT2D eigenvalue weighted by Crippen LogP contribution is 2.25. The maximum atomic E-state index is 12.6. The van der Waals surface area contributed by atoms with E-state index in [0.29, 0.717) is 12.8 Å². The first kappa shape index (κ1) is 19.7. The summed E-state index contributed by atoms with van der Waals surface area (Å²) >= 11 is 0. The molecule has 0 radical (unpaired) electrons. The minimum Gasteiger partial charge on any atom is -0.368 e. The fourth-order valence-corrected chi connectivity index (χ4v) is 4.54. The van der Waals surface area contributed by atoms with Gasteiger partial charge < -0.3 is 9.80 Å². The largest absolute Gasteiger partial charge is 0.368 e. The fourth-order valence-electron chi connectivity index (χ4n) is 4.54. The zero-order valence-electron chi connectivity index (χ0n) is 17.5. The summed E-state index contributed by atoms with van der Waals surface area (Å²) in [6.07, 6.45) is 3.98. The van der Waals surface area contributed by atoms with Crippen molar-refractivity contribution in [3.8, 4) is 0 Å². The molecule has 0 saturated carbocycles.